The Balaban J connectivity index is 1.50. The summed E-state index contributed by atoms with van der Waals surface area (Å²) >= 11 is 5.86. The lowest BCUT2D eigenvalue weighted by atomic mass is 10.0. The van der Waals surface area contributed by atoms with Crippen LogP contribution in [-0.4, -0.2) is 17.4 Å². The fourth-order valence-electron chi connectivity index (χ4n) is 3.39. The summed E-state index contributed by atoms with van der Waals surface area (Å²) in [4.78, 5) is 15.7. The van der Waals surface area contributed by atoms with Gasteiger partial charge in [-0.3, -0.25) is 4.79 Å². The number of aromatic amines is 1. The average molecular weight is 363 g/mol. The van der Waals surface area contributed by atoms with E-state index >= 15 is 0 Å². The highest BCUT2D eigenvalue weighted by Crippen LogP contribution is 2.29. The molecule has 0 atom stereocenters. The van der Waals surface area contributed by atoms with Gasteiger partial charge in [0.15, 0.2) is 0 Å². The Morgan fingerprint density at radius 3 is 2.58 bits per heavy atom. The molecule has 4 heteroatoms. The lowest BCUT2D eigenvalue weighted by Crippen LogP contribution is -2.25. The quantitative estimate of drug-likeness (QED) is 0.511. The van der Waals surface area contributed by atoms with Crippen LogP contribution in [0.15, 0.2) is 60.7 Å². The number of rotatable bonds is 4. The molecule has 0 saturated heterocycles. The largest absolute Gasteiger partial charge is 0.354 e. The van der Waals surface area contributed by atoms with Gasteiger partial charge in [-0.2, -0.15) is 0 Å². The Labute approximate surface area is 157 Å². The molecule has 1 heterocycles. The van der Waals surface area contributed by atoms with Gasteiger partial charge in [0.05, 0.1) is 0 Å². The summed E-state index contributed by atoms with van der Waals surface area (Å²) < 4.78 is 0. The van der Waals surface area contributed by atoms with Crippen LogP contribution in [0.5, 0.6) is 0 Å². The van der Waals surface area contributed by atoms with Crippen LogP contribution in [0.3, 0.4) is 0 Å². The van der Waals surface area contributed by atoms with Crippen molar-refractivity contribution >= 4 is 39.3 Å². The second-order valence-corrected chi connectivity index (χ2v) is 6.89. The number of hydrogen-bond acceptors (Lipinski definition) is 1. The van der Waals surface area contributed by atoms with E-state index in [-0.39, 0.29) is 5.91 Å². The molecule has 0 spiro atoms. The van der Waals surface area contributed by atoms with Crippen LogP contribution in [0.25, 0.3) is 21.8 Å². The molecule has 3 nitrogen and oxygen atoms in total. The van der Waals surface area contributed by atoms with Gasteiger partial charge in [0.2, 0.25) is 0 Å². The van der Waals surface area contributed by atoms with Crippen molar-refractivity contribution in [1.82, 2.24) is 10.3 Å². The zero-order chi connectivity index (χ0) is 18.1. The lowest BCUT2D eigenvalue weighted by molar-refractivity contribution is 0.0954. The fourth-order valence-corrected chi connectivity index (χ4v) is 3.51. The van der Waals surface area contributed by atoms with Gasteiger partial charge in [0, 0.05) is 38.9 Å². The van der Waals surface area contributed by atoms with Gasteiger partial charge < -0.3 is 10.3 Å². The summed E-state index contributed by atoms with van der Waals surface area (Å²) in [5.74, 6) is -0.0778. The van der Waals surface area contributed by atoms with E-state index in [1.54, 1.807) is 24.3 Å². The first kappa shape index (κ1) is 16.7. The first-order valence-corrected chi connectivity index (χ1v) is 9.04. The number of benzene rings is 3. The van der Waals surface area contributed by atoms with Gasteiger partial charge in [-0.1, -0.05) is 41.9 Å². The summed E-state index contributed by atoms with van der Waals surface area (Å²) in [7, 11) is 0. The number of fused-ring (bicyclic) bond motifs is 3. The summed E-state index contributed by atoms with van der Waals surface area (Å²) in [6.45, 7) is 2.72. The Hall–Kier alpha value is -2.78. The van der Waals surface area contributed by atoms with Crippen LogP contribution in [0.1, 0.15) is 21.5 Å². The molecule has 4 rings (SSSR count). The maximum atomic E-state index is 12.2. The van der Waals surface area contributed by atoms with Crippen molar-refractivity contribution < 1.29 is 4.79 Å². The van der Waals surface area contributed by atoms with E-state index < -0.39 is 0 Å². The molecule has 130 valence electrons. The molecule has 0 aliphatic carbocycles. The van der Waals surface area contributed by atoms with Crippen LogP contribution in [0.4, 0.5) is 0 Å². The topological polar surface area (TPSA) is 44.9 Å². The van der Waals surface area contributed by atoms with Gasteiger partial charge in [0.25, 0.3) is 5.91 Å². The number of carbonyl (C=O) groups is 1. The monoisotopic (exact) mass is 362 g/mol. The molecule has 4 aromatic rings. The molecule has 1 amide bonds. The predicted molar refractivity (Wildman–Crippen MR) is 108 cm³/mol. The van der Waals surface area contributed by atoms with Crippen molar-refractivity contribution in [3.8, 4) is 0 Å². The summed E-state index contributed by atoms with van der Waals surface area (Å²) in [6.07, 6.45) is 0.788. The number of aryl methyl sites for hydroxylation is 1. The number of nitrogens with one attached hydrogen (secondary N) is 2. The number of halogens is 1. The number of carbonyl (C=O) groups excluding carboxylic acids is 1. The zero-order valence-electron chi connectivity index (χ0n) is 14.5. The van der Waals surface area contributed by atoms with Crippen molar-refractivity contribution in [3.05, 3.63) is 82.4 Å². The third kappa shape index (κ3) is 3.06. The van der Waals surface area contributed by atoms with E-state index in [0.29, 0.717) is 17.1 Å². The third-order valence-electron chi connectivity index (χ3n) is 4.84. The average Bonchev–Trinajstić information content (AvgIpc) is 3.04. The van der Waals surface area contributed by atoms with Crippen molar-refractivity contribution in [2.24, 2.45) is 0 Å². The molecule has 0 radical (unpaired) electrons. The van der Waals surface area contributed by atoms with Crippen molar-refractivity contribution in [2.75, 3.05) is 6.54 Å². The molecule has 0 aliphatic rings. The standard InChI is InChI=1S/C22H19ClN2O/c1-14-15(12-13-24-22(26)16-6-9-17(23)10-7-16)8-11-19-18-4-2-3-5-20(18)25-21(14)19/h2-11,25H,12-13H2,1H3,(H,24,26). The molecule has 2 N–H and O–H groups in total. The molecule has 3 aromatic carbocycles. The van der Waals surface area contributed by atoms with E-state index in [2.05, 4.69) is 47.6 Å². The molecular formula is C22H19ClN2O. The normalized spacial score (nSPS) is 11.2. The van der Waals surface area contributed by atoms with E-state index in [1.165, 1.54) is 27.4 Å². The summed E-state index contributed by atoms with van der Waals surface area (Å²) in [5, 5.41) is 6.09. The van der Waals surface area contributed by atoms with Gasteiger partial charge in [-0.15, -0.1) is 0 Å². The zero-order valence-corrected chi connectivity index (χ0v) is 15.2. The van der Waals surface area contributed by atoms with E-state index in [0.717, 1.165) is 11.9 Å². The van der Waals surface area contributed by atoms with Crippen LogP contribution in [0, 0.1) is 6.92 Å². The number of amides is 1. The lowest BCUT2D eigenvalue weighted by Gasteiger charge is -2.09. The minimum atomic E-state index is -0.0778. The van der Waals surface area contributed by atoms with Crippen LogP contribution in [0.2, 0.25) is 5.02 Å². The van der Waals surface area contributed by atoms with Crippen molar-refractivity contribution in [1.29, 1.82) is 0 Å². The second-order valence-electron chi connectivity index (χ2n) is 6.46. The first-order chi connectivity index (χ1) is 12.6. The molecular weight excluding hydrogens is 344 g/mol. The highest BCUT2D eigenvalue weighted by molar-refractivity contribution is 6.30. The molecule has 0 unspecified atom stereocenters. The summed E-state index contributed by atoms with van der Waals surface area (Å²) in [5.41, 5.74) is 5.42. The molecule has 0 bridgehead atoms. The van der Waals surface area contributed by atoms with Gasteiger partial charge in [-0.25, -0.2) is 0 Å². The highest BCUT2D eigenvalue weighted by Gasteiger charge is 2.10. The maximum absolute atomic E-state index is 12.2. The van der Waals surface area contributed by atoms with E-state index in [1.807, 2.05) is 6.07 Å². The molecule has 26 heavy (non-hydrogen) atoms. The minimum Gasteiger partial charge on any atom is -0.354 e. The SMILES string of the molecule is Cc1c(CCNC(=O)c2ccc(Cl)cc2)ccc2c1[nH]c1ccccc12. The van der Waals surface area contributed by atoms with E-state index in [9.17, 15) is 4.79 Å². The Morgan fingerprint density at radius 1 is 1.00 bits per heavy atom. The Morgan fingerprint density at radius 2 is 1.77 bits per heavy atom. The van der Waals surface area contributed by atoms with Gasteiger partial charge in [-0.05, 0) is 54.8 Å². The van der Waals surface area contributed by atoms with Crippen LogP contribution in [-0.2, 0) is 6.42 Å². The number of hydrogen-bond donors (Lipinski definition) is 2. The molecule has 1 aromatic heterocycles. The summed E-state index contributed by atoms with van der Waals surface area (Å²) in [6, 6.07) is 19.6. The third-order valence-corrected chi connectivity index (χ3v) is 5.09. The van der Waals surface area contributed by atoms with Crippen molar-refractivity contribution in [3.63, 3.8) is 0 Å². The number of aromatic nitrogens is 1. The van der Waals surface area contributed by atoms with Gasteiger partial charge in [0.1, 0.15) is 0 Å². The molecule has 0 aliphatic heterocycles. The highest BCUT2D eigenvalue weighted by atomic mass is 35.5. The number of H-pyrrole nitrogens is 1. The van der Waals surface area contributed by atoms with Gasteiger partial charge >= 0.3 is 0 Å². The fraction of sp³-hybridized carbons (Fsp3) is 0.136. The molecule has 0 saturated carbocycles. The first-order valence-electron chi connectivity index (χ1n) is 8.66. The van der Waals surface area contributed by atoms with Crippen LogP contribution < -0.4 is 5.32 Å². The van der Waals surface area contributed by atoms with Crippen LogP contribution >= 0.6 is 11.6 Å². The molecule has 0 fully saturated rings. The number of para-hydroxylation sites is 1. The predicted octanol–water partition coefficient (Wildman–Crippen LogP) is 5.26. The smallest absolute Gasteiger partial charge is 0.251 e. The Kier molecular flexibility index (Phi) is 4.39. The van der Waals surface area contributed by atoms with Crippen molar-refractivity contribution in [2.45, 2.75) is 13.3 Å². The Bertz CT molecular complexity index is 1100. The second kappa shape index (κ2) is 6.85. The van der Waals surface area contributed by atoms with E-state index in [4.69, 9.17) is 11.6 Å². The maximum Gasteiger partial charge on any atom is 0.251 e. The minimum absolute atomic E-state index is 0.0778.